The number of halogens is 1. The number of urea groups is 1. The molecule has 0 atom stereocenters. The van der Waals surface area contributed by atoms with Gasteiger partial charge in [0.2, 0.25) is 0 Å². The van der Waals surface area contributed by atoms with Crippen molar-refractivity contribution in [3.63, 3.8) is 0 Å². The van der Waals surface area contributed by atoms with Crippen LogP contribution in [0.2, 0.25) is 0 Å². The average molecular weight is 234 g/mol. The van der Waals surface area contributed by atoms with Crippen LogP contribution in [0.3, 0.4) is 0 Å². The number of anilines is 2. The van der Waals surface area contributed by atoms with Crippen LogP contribution in [0.5, 0.6) is 0 Å². The minimum absolute atomic E-state index is 0.384. The molecule has 0 aliphatic rings. The molecule has 1 aromatic carbocycles. The van der Waals surface area contributed by atoms with Crippen LogP contribution < -0.4 is 10.6 Å². The molecule has 6 heteroatoms. The Hall–Kier alpha value is -2.37. The van der Waals surface area contributed by atoms with Crippen molar-refractivity contribution in [2.45, 2.75) is 6.92 Å². The molecule has 0 aliphatic carbocycles. The van der Waals surface area contributed by atoms with E-state index in [9.17, 15) is 9.18 Å². The number of rotatable bonds is 2. The molecule has 0 saturated heterocycles. The Labute approximate surface area is 97.0 Å². The average Bonchev–Trinajstić information content (AvgIpc) is 2.63. The van der Waals surface area contributed by atoms with E-state index in [1.807, 2.05) is 6.92 Å². The first-order chi connectivity index (χ1) is 8.13. The van der Waals surface area contributed by atoms with Gasteiger partial charge in [-0.05, 0) is 25.1 Å². The van der Waals surface area contributed by atoms with Gasteiger partial charge in [0.05, 0.1) is 0 Å². The van der Waals surface area contributed by atoms with E-state index < -0.39 is 11.8 Å². The number of aromatic nitrogens is 2. The fourth-order valence-electron chi connectivity index (χ4n) is 1.33. The third-order valence-electron chi connectivity index (χ3n) is 2.03. The normalized spacial score (nSPS) is 10.0. The van der Waals surface area contributed by atoms with Crippen molar-refractivity contribution in [1.82, 2.24) is 10.2 Å². The molecule has 1 heterocycles. The molecule has 0 bridgehead atoms. The van der Waals surface area contributed by atoms with Crippen molar-refractivity contribution in [1.29, 1.82) is 0 Å². The maximum absolute atomic E-state index is 12.9. The summed E-state index contributed by atoms with van der Waals surface area (Å²) in [7, 11) is 0. The van der Waals surface area contributed by atoms with Gasteiger partial charge in [0.15, 0.2) is 5.82 Å². The minimum atomic E-state index is -0.470. The molecule has 3 N–H and O–H groups in total. The van der Waals surface area contributed by atoms with Crippen LogP contribution in [0, 0.1) is 12.7 Å². The highest BCUT2D eigenvalue weighted by Crippen LogP contribution is 2.10. The first-order valence-corrected chi connectivity index (χ1v) is 4.99. The second-order valence-corrected chi connectivity index (χ2v) is 3.53. The molecule has 0 radical (unpaired) electrons. The van der Waals surface area contributed by atoms with Gasteiger partial charge in [-0.3, -0.25) is 10.4 Å². The predicted molar refractivity (Wildman–Crippen MR) is 62.4 cm³/mol. The summed E-state index contributed by atoms with van der Waals surface area (Å²) in [5.41, 5.74) is 1.22. The molecule has 2 aromatic rings. The number of aryl methyl sites for hydroxylation is 1. The highest BCUT2D eigenvalue weighted by molar-refractivity contribution is 5.99. The fraction of sp³-hybridized carbons (Fsp3) is 0.0909. The van der Waals surface area contributed by atoms with E-state index >= 15 is 0 Å². The fourth-order valence-corrected chi connectivity index (χ4v) is 1.33. The summed E-state index contributed by atoms with van der Waals surface area (Å²) in [6, 6.07) is 6.87. The summed E-state index contributed by atoms with van der Waals surface area (Å²) >= 11 is 0. The summed E-state index contributed by atoms with van der Waals surface area (Å²) in [4.78, 5) is 11.5. The number of aromatic amines is 1. The van der Waals surface area contributed by atoms with Gasteiger partial charge < -0.3 is 5.32 Å². The van der Waals surface area contributed by atoms with Gasteiger partial charge in [-0.15, -0.1) is 0 Å². The summed E-state index contributed by atoms with van der Waals surface area (Å²) in [5.74, 6) is 0.00909. The lowest BCUT2D eigenvalue weighted by atomic mass is 10.3. The highest BCUT2D eigenvalue weighted by Gasteiger charge is 2.05. The van der Waals surface area contributed by atoms with Crippen LogP contribution in [-0.4, -0.2) is 16.2 Å². The summed E-state index contributed by atoms with van der Waals surface area (Å²) in [6.07, 6.45) is 0. The molecule has 0 saturated carbocycles. The maximum Gasteiger partial charge on any atom is 0.324 e. The van der Waals surface area contributed by atoms with Gasteiger partial charge >= 0.3 is 6.03 Å². The molecule has 0 unspecified atom stereocenters. The maximum atomic E-state index is 12.9. The van der Waals surface area contributed by atoms with Crippen molar-refractivity contribution in [2.24, 2.45) is 0 Å². The minimum Gasteiger partial charge on any atom is -0.308 e. The van der Waals surface area contributed by atoms with Crippen LogP contribution >= 0.6 is 0 Å². The molecule has 2 rings (SSSR count). The highest BCUT2D eigenvalue weighted by atomic mass is 19.1. The van der Waals surface area contributed by atoms with E-state index in [-0.39, 0.29) is 0 Å². The monoisotopic (exact) mass is 234 g/mol. The van der Waals surface area contributed by atoms with E-state index in [0.717, 1.165) is 5.69 Å². The zero-order chi connectivity index (χ0) is 12.3. The van der Waals surface area contributed by atoms with Gasteiger partial charge in [-0.2, -0.15) is 5.10 Å². The number of hydrogen-bond donors (Lipinski definition) is 3. The largest absolute Gasteiger partial charge is 0.324 e. The Kier molecular flexibility index (Phi) is 3.04. The molecule has 1 aromatic heterocycles. The number of amides is 2. The number of carbonyl (C=O) groups is 1. The Bertz CT molecular complexity index is 538. The number of hydrogen-bond acceptors (Lipinski definition) is 2. The molecule has 0 aliphatic heterocycles. The van der Waals surface area contributed by atoms with Gasteiger partial charge in [0.1, 0.15) is 5.82 Å². The Morgan fingerprint density at radius 3 is 2.82 bits per heavy atom. The lowest BCUT2D eigenvalue weighted by Gasteiger charge is -2.04. The lowest BCUT2D eigenvalue weighted by molar-refractivity contribution is 0.262. The van der Waals surface area contributed by atoms with Crippen molar-refractivity contribution in [3.8, 4) is 0 Å². The van der Waals surface area contributed by atoms with E-state index in [0.29, 0.717) is 11.5 Å². The van der Waals surface area contributed by atoms with Crippen LogP contribution in [-0.2, 0) is 0 Å². The van der Waals surface area contributed by atoms with E-state index in [1.165, 1.54) is 18.2 Å². The SMILES string of the molecule is Cc1cc(NC(=O)Nc2cccc(F)c2)n[nH]1. The standard InChI is InChI=1S/C11H11FN4O/c1-7-5-10(16-15-7)14-11(17)13-9-4-2-3-8(12)6-9/h2-6H,1H3,(H3,13,14,15,16,17). The van der Waals surface area contributed by atoms with Gasteiger partial charge in [0, 0.05) is 17.4 Å². The quantitative estimate of drug-likeness (QED) is 0.747. The Morgan fingerprint density at radius 1 is 1.35 bits per heavy atom. The molecule has 88 valence electrons. The lowest BCUT2D eigenvalue weighted by Crippen LogP contribution is -2.19. The molecule has 2 amide bonds. The smallest absolute Gasteiger partial charge is 0.308 e. The van der Waals surface area contributed by atoms with E-state index in [2.05, 4.69) is 20.8 Å². The predicted octanol–water partition coefficient (Wildman–Crippen LogP) is 2.50. The molecule has 17 heavy (non-hydrogen) atoms. The van der Waals surface area contributed by atoms with Crippen molar-refractivity contribution >= 4 is 17.5 Å². The first kappa shape index (κ1) is 11.1. The molecule has 5 nitrogen and oxygen atoms in total. The molecular weight excluding hydrogens is 223 g/mol. The van der Waals surface area contributed by atoms with Gasteiger partial charge in [0.25, 0.3) is 0 Å². The van der Waals surface area contributed by atoms with Crippen molar-refractivity contribution in [2.75, 3.05) is 10.6 Å². The number of nitrogens with zero attached hydrogens (tertiary/aromatic N) is 1. The second kappa shape index (κ2) is 4.65. The third-order valence-corrected chi connectivity index (χ3v) is 2.03. The summed E-state index contributed by atoms with van der Waals surface area (Å²) in [6.45, 7) is 1.82. The van der Waals surface area contributed by atoms with E-state index in [4.69, 9.17) is 0 Å². The Morgan fingerprint density at radius 2 is 2.18 bits per heavy atom. The van der Waals surface area contributed by atoms with Crippen LogP contribution in [0.4, 0.5) is 20.7 Å². The van der Waals surface area contributed by atoms with Crippen molar-refractivity contribution in [3.05, 3.63) is 41.8 Å². The van der Waals surface area contributed by atoms with Crippen molar-refractivity contribution < 1.29 is 9.18 Å². The molecule has 0 spiro atoms. The first-order valence-electron chi connectivity index (χ1n) is 4.99. The number of benzene rings is 1. The third kappa shape index (κ3) is 3.04. The summed E-state index contributed by atoms with van der Waals surface area (Å²) < 4.78 is 12.9. The topological polar surface area (TPSA) is 69.8 Å². The second-order valence-electron chi connectivity index (χ2n) is 3.53. The zero-order valence-corrected chi connectivity index (χ0v) is 9.12. The molecular formula is C11H11FN4O. The van der Waals surface area contributed by atoms with Crippen LogP contribution in [0.15, 0.2) is 30.3 Å². The summed E-state index contributed by atoms with van der Waals surface area (Å²) in [5, 5.41) is 11.6. The van der Waals surface area contributed by atoms with Gasteiger partial charge in [-0.1, -0.05) is 6.07 Å². The number of carbonyl (C=O) groups excluding carboxylic acids is 1. The Balaban J connectivity index is 1.98. The van der Waals surface area contributed by atoms with Gasteiger partial charge in [-0.25, -0.2) is 9.18 Å². The zero-order valence-electron chi connectivity index (χ0n) is 9.12. The van der Waals surface area contributed by atoms with E-state index in [1.54, 1.807) is 12.1 Å². The molecule has 0 fully saturated rings. The number of nitrogens with one attached hydrogen (secondary N) is 3. The van der Waals surface area contributed by atoms with Crippen LogP contribution in [0.1, 0.15) is 5.69 Å². The van der Waals surface area contributed by atoms with Crippen LogP contribution in [0.25, 0.3) is 0 Å². The number of H-pyrrole nitrogens is 1.